The second-order valence-corrected chi connectivity index (χ2v) is 7.95. The molecule has 1 fully saturated rings. The Labute approximate surface area is 189 Å². The van der Waals surface area contributed by atoms with Crippen LogP contribution in [-0.2, 0) is 32.2 Å². The summed E-state index contributed by atoms with van der Waals surface area (Å²) in [5.74, 6) is 1.20. The minimum absolute atomic E-state index is 0.000935. The first-order chi connectivity index (χ1) is 15.5. The van der Waals surface area contributed by atoms with Crippen molar-refractivity contribution in [2.45, 2.75) is 20.0 Å². The van der Waals surface area contributed by atoms with Crippen LogP contribution in [0.4, 0.5) is 0 Å². The van der Waals surface area contributed by atoms with Gasteiger partial charge in [0.05, 0.1) is 26.3 Å². The zero-order valence-electron chi connectivity index (χ0n) is 19.0. The summed E-state index contributed by atoms with van der Waals surface area (Å²) >= 11 is 0. The fourth-order valence-electron chi connectivity index (χ4n) is 3.65. The standard InChI is InChI=1S/C24H33N3O5/c1-20-8-9-22(32-20)17-27(16-21-6-4-3-5-7-21)23(28)18-26(24(29)19-30-2)11-10-25-12-14-31-15-13-25/h3-9H,10-19H2,1-2H3. The van der Waals surface area contributed by atoms with Crippen molar-refractivity contribution in [1.82, 2.24) is 14.7 Å². The zero-order chi connectivity index (χ0) is 22.8. The largest absolute Gasteiger partial charge is 0.464 e. The summed E-state index contributed by atoms with van der Waals surface area (Å²) in [4.78, 5) is 31.6. The van der Waals surface area contributed by atoms with E-state index >= 15 is 0 Å². The second kappa shape index (κ2) is 12.4. The molecule has 3 rings (SSSR count). The van der Waals surface area contributed by atoms with Gasteiger partial charge in [-0.1, -0.05) is 30.3 Å². The van der Waals surface area contributed by atoms with Crippen LogP contribution in [0.2, 0.25) is 0 Å². The molecule has 2 amide bonds. The van der Waals surface area contributed by atoms with Crippen LogP contribution in [-0.4, -0.2) is 86.2 Å². The zero-order valence-corrected chi connectivity index (χ0v) is 19.0. The molecule has 1 saturated heterocycles. The normalized spacial score (nSPS) is 14.3. The van der Waals surface area contributed by atoms with Crippen LogP contribution in [0.3, 0.4) is 0 Å². The number of carbonyl (C=O) groups excluding carboxylic acids is 2. The molecule has 8 nitrogen and oxygen atoms in total. The summed E-state index contributed by atoms with van der Waals surface area (Å²) in [6.07, 6.45) is 0. The molecule has 8 heteroatoms. The van der Waals surface area contributed by atoms with E-state index in [2.05, 4.69) is 4.90 Å². The van der Waals surface area contributed by atoms with E-state index in [9.17, 15) is 9.59 Å². The number of benzene rings is 1. The van der Waals surface area contributed by atoms with Crippen molar-refractivity contribution >= 4 is 11.8 Å². The van der Waals surface area contributed by atoms with E-state index in [1.807, 2.05) is 49.4 Å². The van der Waals surface area contributed by atoms with Gasteiger partial charge in [0, 0.05) is 39.8 Å². The van der Waals surface area contributed by atoms with Gasteiger partial charge in [-0.05, 0) is 24.6 Å². The lowest BCUT2D eigenvalue weighted by Crippen LogP contribution is -2.47. The Morgan fingerprint density at radius 3 is 2.41 bits per heavy atom. The summed E-state index contributed by atoms with van der Waals surface area (Å²) < 4.78 is 16.1. The molecule has 1 aromatic carbocycles. The average molecular weight is 444 g/mol. The van der Waals surface area contributed by atoms with Crippen molar-refractivity contribution in [3.63, 3.8) is 0 Å². The quantitative estimate of drug-likeness (QED) is 0.528. The number of furan rings is 1. The first kappa shape index (κ1) is 24.0. The van der Waals surface area contributed by atoms with E-state index in [4.69, 9.17) is 13.9 Å². The number of amides is 2. The van der Waals surface area contributed by atoms with Gasteiger partial charge in [0.2, 0.25) is 11.8 Å². The van der Waals surface area contributed by atoms with Gasteiger partial charge in [0.15, 0.2) is 0 Å². The maximum atomic E-state index is 13.3. The summed E-state index contributed by atoms with van der Waals surface area (Å²) in [5, 5.41) is 0. The Hall–Kier alpha value is -2.68. The van der Waals surface area contributed by atoms with Gasteiger partial charge in [0.1, 0.15) is 18.1 Å². The monoisotopic (exact) mass is 443 g/mol. The van der Waals surface area contributed by atoms with Crippen molar-refractivity contribution in [2.75, 3.05) is 59.7 Å². The first-order valence-electron chi connectivity index (χ1n) is 11.0. The van der Waals surface area contributed by atoms with Crippen molar-refractivity contribution in [3.05, 3.63) is 59.5 Å². The highest BCUT2D eigenvalue weighted by atomic mass is 16.5. The molecular formula is C24H33N3O5. The Balaban J connectivity index is 1.69. The summed E-state index contributed by atoms with van der Waals surface area (Å²) in [6, 6.07) is 13.6. The Morgan fingerprint density at radius 1 is 1.00 bits per heavy atom. The SMILES string of the molecule is COCC(=O)N(CCN1CCOCC1)CC(=O)N(Cc1ccccc1)Cc1ccc(C)o1. The van der Waals surface area contributed by atoms with Crippen LogP contribution in [0.25, 0.3) is 0 Å². The number of morpholine rings is 1. The molecule has 1 aliphatic rings. The van der Waals surface area contributed by atoms with E-state index in [1.54, 1.807) is 9.80 Å². The lowest BCUT2D eigenvalue weighted by Gasteiger charge is -2.31. The van der Waals surface area contributed by atoms with Crippen LogP contribution < -0.4 is 0 Å². The molecule has 0 radical (unpaired) electrons. The highest BCUT2D eigenvalue weighted by Crippen LogP contribution is 2.14. The molecule has 0 spiro atoms. The van der Waals surface area contributed by atoms with Gasteiger partial charge in [0.25, 0.3) is 0 Å². The molecule has 32 heavy (non-hydrogen) atoms. The fourth-order valence-corrected chi connectivity index (χ4v) is 3.65. The minimum atomic E-state index is -0.192. The molecule has 1 aliphatic heterocycles. The Kier molecular flexibility index (Phi) is 9.27. The van der Waals surface area contributed by atoms with Crippen molar-refractivity contribution in [2.24, 2.45) is 0 Å². The molecule has 174 valence electrons. The van der Waals surface area contributed by atoms with E-state index < -0.39 is 0 Å². The molecule has 2 heterocycles. The molecular weight excluding hydrogens is 410 g/mol. The Bertz CT molecular complexity index is 848. The van der Waals surface area contributed by atoms with Gasteiger partial charge < -0.3 is 23.7 Å². The lowest BCUT2D eigenvalue weighted by atomic mass is 10.2. The summed E-state index contributed by atoms with van der Waals surface area (Å²) in [7, 11) is 1.49. The number of hydrogen-bond donors (Lipinski definition) is 0. The van der Waals surface area contributed by atoms with E-state index in [0.717, 1.165) is 30.2 Å². The van der Waals surface area contributed by atoms with Gasteiger partial charge in [-0.2, -0.15) is 0 Å². The third kappa shape index (κ3) is 7.47. The maximum absolute atomic E-state index is 13.3. The van der Waals surface area contributed by atoms with E-state index in [-0.39, 0.29) is 25.0 Å². The third-order valence-electron chi connectivity index (χ3n) is 5.45. The number of carbonyl (C=O) groups is 2. The smallest absolute Gasteiger partial charge is 0.249 e. The van der Waals surface area contributed by atoms with Gasteiger partial charge in [-0.25, -0.2) is 0 Å². The average Bonchev–Trinajstić information content (AvgIpc) is 3.22. The summed E-state index contributed by atoms with van der Waals surface area (Å²) in [5.41, 5.74) is 1.02. The molecule has 0 unspecified atom stereocenters. The predicted molar refractivity (Wildman–Crippen MR) is 120 cm³/mol. The number of methoxy groups -OCH3 is 1. The maximum Gasteiger partial charge on any atom is 0.249 e. The van der Waals surface area contributed by atoms with E-state index in [1.165, 1.54) is 7.11 Å². The molecule has 1 aromatic heterocycles. The second-order valence-electron chi connectivity index (χ2n) is 7.95. The number of hydrogen-bond acceptors (Lipinski definition) is 6. The van der Waals surface area contributed by atoms with Gasteiger partial charge in [-0.3, -0.25) is 14.5 Å². The van der Waals surface area contributed by atoms with Crippen LogP contribution in [0.5, 0.6) is 0 Å². The molecule has 0 aliphatic carbocycles. The highest BCUT2D eigenvalue weighted by Gasteiger charge is 2.23. The Morgan fingerprint density at radius 2 is 1.75 bits per heavy atom. The minimum Gasteiger partial charge on any atom is -0.464 e. The van der Waals surface area contributed by atoms with Gasteiger partial charge >= 0.3 is 0 Å². The number of ether oxygens (including phenoxy) is 2. The first-order valence-corrected chi connectivity index (χ1v) is 11.0. The summed E-state index contributed by atoms with van der Waals surface area (Å²) in [6.45, 7) is 6.82. The molecule has 2 aromatic rings. The fraction of sp³-hybridized carbons (Fsp3) is 0.500. The topological polar surface area (TPSA) is 75.5 Å². The molecule has 0 saturated carbocycles. The number of nitrogens with zero attached hydrogens (tertiary/aromatic N) is 3. The van der Waals surface area contributed by atoms with Gasteiger partial charge in [-0.15, -0.1) is 0 Å². The van der Waals surface area contributed by atoms with Crippen LogP contribution >= 0.6 is 0 Å². The highest BCUT2D eigenvalue weighted by molar-refractivity contribution is 5.85. The number of aryl methyl sites for hydroxylation is 1. The van der Waals surface area contributed by atoms with Crippen molar-refractivity contribution in [1.29, 1.82) is 0 Å². The van der Waals surface area contributed by atoms with Crippen molar-refractivity contribution in [3.8, 4) is 0 Å². The van der Waals surface area contributed by atoms with E-state index in [0.29, 0.717) is 39.4 Å². The van der Waals surface area contributed by atoms with Crippen LogP contribution in [0, 0.1) is 6.92 Å². The molecule has 0 atom stereocenters. The van der Waals surface area contributed by atoms with Crippen LogP contribution in [0.1, 0.15) is 17.1 Å². The molecule has 0 bridgehead atoms. The molecule has 0 N–H and O–H groups in total. The third-order valence-corrected chi connectivity index (χ3v) is 5.45. The lowest BCUT2D eigenvalue weighted by molar-refractivity contribution is -0.143. The van der Waals surface area contributed by atoms with Crippen molar-refractivity contribution < 1.29 is 23.5 Å². The van der Waals surface area contributed by atoms with Crippen LogP contribution in [0.15, 0.2) is 46.9 Å². The number of rotatable bonds is 11. The predicted octanol–water partition coefficient (Wildman–Crippen LogP) is 1.92.